The molecule has 0 fully saturated rings. The van der Waals surface area contributed by atoms with Crippen molar-refractivity contribution in [1.29, 1.82) is 5.26 Å². The minimum atomic E-state index is -3.77. The number of halogens is 1. The molecule has 0 aliphatic carbocycles. The third-order valence-electron chi connectivity index (χ3n) is 2.83. The number of sulfonamides is 1. The summed E-state index contributed by atoms with van der Waals surface area (Å²) in [6.45, 7) is 1.68. The van der Waals surface area contributed by atoms with Crippen LogP contribution in [0.15, 0.2) is 45.8 Å². The average Bonchev–Trinajstić information content (AvgIpc) is 2.42. The minimum absolute atomic E-state index is 0.102. The Labute approximate surface area is 131 Å². The van der Waals surface area contributed by atoms with Crippen molar-refractivity contribution >= 4 is 37.3 Å². The molecule has 7 heteroatoms. The van der Waals surface area contributed by atoms with Crippen molar-refractivity contribution in [3.63, 3.8) is 0 Å². The first-order chi connectivity index (χ1) is 9.83. The molecule has 5 nitrogen and oxygen atoms in total. The number of nitriles is 1. The van der Waals surface area contributed by atoms with Crippen LogP contribution in [0, 0.1) is 18.3 Å². The normalized spacial score (nSPS) is 10.9. The van der Waals surface area contributed by atoms with Crippen LogP contribution < -0.4 is 10.5 Å². The second-order valence-corrected chi connectivity index (χ2v) is 6.94. The van der Waals surface area contributed by atoms with Crippen LogP contribution in [0.1, 0.15) is 11.1 Å². The predicted molar refractivity (Wildman–Crippen MR) is 85.3 cm³/mol. The highest BCUT2D eigenvalue weighted by atomic mass is 79.9. The number of nitrogens with one attached hydrogen (secondary N) is 1. The summed E-state index contributed by atoms with van der Waals surface area (Å²) in [6, 6.07) is 11.3. The zero-order valence-electron chi connectivity index (χ0n) is 11.1. The number of nitrogens with zero attached hydrogens (tertiary/aromatic N) is 1. The lowest BCUT2D eigenvalue weighted by molar-refractivity contribution is 0.600. The van der Waals surface area contributed by atoms with E-state index >= 15 is 0 Å². The number of hydrogen-bond acceptors (Lipinski definition) is 4. The van der Waals surface area contributed by atoms with Crippen molar-refractivity contribution in [3.05, 3.63) is 52.0 Å². The first-order valence-electron chi connectivity index (χ1n) is 5.92. The fraction of sp³-hybridized carbons (Fsp3) is 0.0714. The summed E-state index contributed by atoms with van der Waals surface area (Å²) >= 11 is 3.26. The lowest BCUT2D eigenvalue weighted by atomic mass is 10.2. The predicted octanol–water partition coefficient (Wildman–Crippen LogP) is 3.01. The van der Waals surface area contributed by atoms with Gasteiger partial charge in [0.25, 0.3) is 10.0 Å². The molecule has 108 valence electrons. The molecule has 21 heavy (non-hydrogen) atoms. The van der Waals surface area contributed by atoms with Gasteiger partial charge in [-0.1, -0.05) is 6.07 Å². The standard InChI is InChI=1S/C14H12BrN3O2S/c1-9-5-12(15)13(17)7-14(9)21(19,20)18-11-4-2-3-10(6-11)8-16/h2-7,18H,17H2,1H3. The number of anilines is 2. The highest BCUT2D eigenvalue weighted by Crippen LogP contribution is 2.28. The van der Waals surface area contributed by atoms with Gasteiger partial charge in [0.2, 0.25) is 0 Å². The summed E-state index contributed by atoms with van der Waals surface area (Å²) in [5.74, 6) is 0. The van der Waals surface area contributed by atoms with Crippen molar-refractivity contribution < 1.29 is 8.42 Å². The Morgan fingerprint density at radius 3 is 2.67 bits per heavy atom. The maximum Gasteiger partial charge on any atom is 0.262 e. The summed E-state index contributed by atoms with van der Waals surface area (Å²) < 4.78 is 27.9. The van der Waals surface area contributed by atoms with Crippen LogP contribution in [0.3, 0.4) is 0 Å². The first-order valence-corrected chi connectivity index (χ1v) is 8.20. The fourth-order valence-corrected chi connectivity index (χ4v) is 3.59. The third-order valence-corrected chi connectivity index (χ3v) is 5.04. The lowest BCUT2D eigenvalue weighted by Gasteiger charge is -2.12. The molecule has 0 saturated heterocycles. The molecule has 2 aromatic rings. The topological polar surface area (TPSA) is 96.0 Å². The van der Waals surface area contributed by atoms with Crippen molar-refractivity contribution in [2.75, 3.05) is 10.5 Å². The van der Waals surface area contributed by atoms with Gasteiger partial charge in [-0.25, -0.2) is 8.42 Å². The summed E-state index contributed by atoms with van der Waals surface area (Å²) in [6.07, 6.45) is 0. The van der Waals surface area contributed by atoms with E-state index in [-0.39, 0.29) is 4.90 Å². The van der Waals surface area contributed by atoms with E-state index in [2.05, 4.69) is 20.7 Å². The van der Waals surface area contributed by atoms with Crippen LogP contribution in [0.4, 0.5) is 11.4 Å². The van der Waals surface area contributed by atoms with Crippen LogP contribution in [-0.2, 0) is 10.0 Å². The van der Waals surface area contributed by atoms with Crippen molar-refractivity contribution in [1.82, 2.24) is 0 Å². The lowest BCUT2D eigenvalue weighted by Crippen LogP contribution is -2.14. The Kier molecular flexibility index (Phi) is 4.21. The molecule has 3 N–H and O–H groups in total. The molecule has 0 heterocycles. The summed E-state index contributed by atoms with van der Waals surface area (Å²) in [4.78, 5) is 0.102. The van der Waals surface area contributed by atoms with E-state index in [1.165, 1.54) is 12.1 Å². The quantitative estimate of drug-likeness (QED) is 0.817. The van der Waals surface area contributed by atoms with Gasteiger partial charge in [0.1, 0.15) is 0 Å². The van der Waals surface area contributed by atoms with Crippen LogP contribution in [0.25, 0.3) is 0 Å². The molecule has 0 spiro atoms. The Hall–Kier alpha value is -2.04. The van der Waals surface area contributed by atoms with Gasteiger partial charge < -0.3 is 5.73 Å². The number of aryl methyl sites for hydroxylation is 1. The van der Waals surface area contributed by atoms with E-state index < -0.39 is 10.0 Å². The van der Waals surface area contributed by atoms with Crippen LogP contribution in [0.2, 0.25) is 0 Å². The Morgan fingerprint density at radius 1 is 1.29 bits per heavy atom. The summed E-state index contributed by atoms with van der Waals surface area (Å²) in [5.41, 5.74) is 7.36. The van der Waals surface area contributed by atoms with Gasteiger partial charge in [0.05, 0.1) is 22.2 Å². The Morgan fingerprint density at radius 2 is 2.00 bits per heavy atom. The van der Waals surface area contributed by atoms with Gasteiger partial charge in [-0.2, -0.15) is 5.26 Å². The highest BCUT2D eigenvalue weighted by Gasteiger charge is 2.18. The van der Waals surface area contributed by atoms with Gasteiger partial charge in [0.15, 0.2) is 0 Å². The highest BCUT2D eigenvalue weighted by molar-refractivity contribution is 9.10. The average molecular weight is 366 g/mol. The van der Waals surface area contributed by atoms with Crippen molar-refractivity contribution in [2.45, 2.75) is 11.8 Å². The van der Waals surface area contributed by atoms with Gasteiger partial charge in [0, 0.05) is 10.2 Å². The Bertz CT molecular complexity index is 842. The van der Waals surface area contributed by atoms with E-state index in [1.807, 2.05) is 6.07 Å². The number of nitrogen functional groups attached to an aromatic ring is 1. The molecular formula is C14H12BrN3O2S. The molecular weight excluding hydrogens is 354 g/mol. The van der Waals surface area contributed by atoms with E-state index in [0.717, 1.165) is 0 Å². The fourth-order valence-electron chi connectivity index (χ4n) is 1.82. The molecule has 0 radical (unpaired) electrons. The molecule has 0 aromatic heterocycles. The number of benzene rings is 2. The number of hydrogen-bond donors (Lipinski definition) is 2. The molecule has 0 atom stereocenters. The zero-order chi connectivity index (χ0) is 15.6. The molecule has 2 rings (SSSR count). The van der Waals surface area contributed by atoms with E-state index in [0.29, 0.717) is 27.0 Å². The SMILES string of the molecule is Cc1cc(Br)c(N)cc1S(=O)(=O)Nc1cccc(C#N)c1. The second kappa shape index (κ2) is 5.76. The maximum atomic E-state index is 12.4. The molecule has 0 unspecified atom stereocenters. The molecule has 2 aromatic carbocycles. The van der Waals surface area contributed by atoms with Crippen molar-refractivity contribution in [3.8, 4) is 6.07 Å². The first kappa shape index (κ1) is 15.4. The third kappa shape index (κ3) is 3.35. The van der Waals surface area contributed by atoms with E-state index in [1.54, 1.807) is 31.2 Å². The van der Waals surface area contributed by atoms with E-state index in [4.69, 9.17) is 11.0 Å². The van der Waals surface area contributed by atoms with Crippen LogP contribution in [-0.4, -0.2) is 8.42 Å². The largest absolute Gasteiger partial charge is 0.398 e. The minimum Gasteiger partial charge on any atom is -0.398 e. The van der Waals surface area contributed by atoms with Crippen LogP contribution in [0.5, 0.6) is 0 Å². The van der Waals surface area contributed by atoms with Crippen molar-refractivity contribution in [2.24, 2.45) is 0 Å². The number of nitrogens with two attached hydrogens (primary N) is 1. The molecule has 0 aliphatic heterocycles. The van der Waals surface area contributed by atoms with Crippen LogP contribution >= 0.6 is 15.9 Å². The summed E-state index contributed by atoms with van der Waals surface area (Å²) in [7, 11) is -3.77. The van der Waals surface area contributed by atoms with Gasteiger partial charge in [-0.3, -0.25) is 4.72 Å². The van der Waals surface area contributed by atoms with Gasteiger partial charge in [-0.15, -0.1) is 0 Å². The van der Waals surface area contributed by atoms with E-state index in [9.17, 15) is 8.42 Å². The van der Waals surface area contributed by atoms with Gasteiger partial charge in [-0.05, 0) is 58.7 Å². The maximum absolute atomic E-state index is 12.4. The second-order valence-electron chi connectivity index (χ2n) is 4.44. The Balaban J connectivity index is 2.43. The monoisotopic (exact) mass is 365 g/mol. The molecule has 0 amide bonds. The smallest absolute Gasteiger partial charge is 0.262 e. The zero-order valence-corrected chi connectivity index (χ0v) is 13.5. The van der Waals surface area contributed by atoms with Gasteiger partial charge >= 0.3 is 0 Å². The molecule has 0 aliphatic rings. The number of rotatable bonds is 3. The molecule has 0 saturated carbocycles. The molecule has 0 bridgehead atoms. The summed E-state index contributed by atoms with van der Waals surface area (Å²) in [5, 5.41) is 8.84.